The first-order chi connectivity index (χ1) is 23.7. The van der Waals surface area contributed by atoms with Crippen LogP contribution >= 0.6 is 0 Å². The van der Waals surface area contributed by atoms with Gasteiger partial charge in [-0.2, -0.15) is 0 Å². The summed E-state index contributed by atoms with van der Waals surface area (Å²) in [6, 6.07) is 0.618. The molecular formula is C46H91N2+. The van der Waals surface area contributed by atoms with E-state index in [2.05, 4.69) is 49.6 Å². The van der Waals surface area contributed by atoms with Crippen molar-refractivity contribution in [2.45, 2.75) is 277 Å². The van der Waals surface area contributed by atoms with Crippen LogP contribution in [-0.4, -0.2) is 4.98 Å². The second-order valence-electron chi connectivity index (χ2n) is 16.1. The van der Waals surface area contributed by atoms with E-state index in [1.807, 2.05) is 0 Å². The van der Waals surface area contributed by atoms with Crippen LogP contribution in [0, 0.1) is 0 Å². The third kappa shape index (κ3) is 27.0. The lowest BCUT2D eigenvalue weighted by Gasteiger charge is -2.17. The normalized spacial score (nSPS) is 13.0. The van der Waals surface area contributed by atoms with E-state index in [0.29, 0.717) is 12.0 Å². The molecule has 48 heavy (non-hydrogen) atoms. The van der Waals surface area contributed by atoms with Crippen LogP contribution in [0.5, 0.6) is 0 Å². The first kappa shape index (κ1) is 45.2. The van der Waals surface area contributed by atoms with Gasteiger partial charge in [-0.15, -0.1) is 0 Å². The number of aromatic nitrogens is 2. The molecule has 0 aliphatic carbocycles. The Bertz CT molecular complexity index is 738. The number of nitrogens with zero attached hydrogens (tertiary/aromatic N) is 1. The van der Waals surface area contributed by atoms with E-state index in [1.54, 1.807) is 5.82 Å². The third-order valence-corrected chi connectivity index (χ3v) is 11.4. The molecule has 1 rings (SSSR count). The Morgan fingerprint density at radius 2 is 0.667 bits per heavy atom. The molecule has 0 saturated heterocycles. The van der Waals surface area contributed by atoms with E-state index in [9.17, 15) is 0 Å². The molecule has 0 radical (unpaired) electrons. The largest absolute Gasteiger partial charge is 0.257 e. The Morgan fingerprint density at radius 1 is 0.396 bits per heavy atom. The van der Waals surface area contributed by atoms with Crippen molar-refractivity contribution in [1.82, 2.24) is 4.98 Å². The van der Waals surface area contributed by atoms with Crippen molar-refractivity contribution in [3.63, 3.8) is 0 Å². The number of H-pyrrole nitrogens is 1. The predicted molar refractivity (Wildman–Crippen MR) is 216 cm³/mol. The SMILES string of the molecule is CCCCCCCCCCCCCCCCCC(CCCCCCCCCCC)c1[nH]cc[n+]1C(C)CCCCCCCCCCCC. The Labute approximate surface area is 304 Å². The van der Waals surface area contributed by atoms with Gasteiger partial charge < -0.3 is 0 Å². The molecule has 2 nitrogen and oxygen atoms in total. The van der Waals surface area contributed by atoms with Gasteiger partial charge in [0.15, 0.2) is 0 Å². The second-order valence-corrected chi connectivity index (χ2v) is 16.1. The maximum atomic E-state index is 3.77. The van der Waals surface area contributed by atoms with Crippen LogP contribution in [0.15, 0.2) is 12.4 Å². The van der Waals surface area contributed by atoms with E-state index >= 15 is 0 Å². The van der Waals surface area contributed by atoms with Crippen molar-refractivity contribution >= 4 is 0 Å². The number of aromatic amines is 1. The molecule has 1 aromatic heterocycles. The molecule has 284 valence electrons. The van der Waals surface area contributed by atoms with E-state index in [0.717, 1.165) is 0 Å². The van der Waals surface area contributed by atoms with Gasteiger partial charge in [-0.25, -0.2) is 9.55 Å². The van der Waals surface area contributed by atoms with Crippen molar-refractivity contribution in [3.8, 4) is 0 Å². The molecule has 0 saturated carbocycles. The molecule has 0 amide bonds. The molecule has 1 aromatic rings. The highest BCUT2D eigenvalue weighted by Gasteiger charge is 2.25. The first-order valence-corrected chi connectivity index (χ1v) is 22.8. The summed E-state index contributed by atoms with van der Waals surface area (Å²) in [4.78, 5) is 3.77. The van der Waals surface area contributed by atoms with Gasteiger partial charge >= 0.3 is 0 Å². The number of nitrogens with one attached hydrogen (secondary N) is 1. The molecule has 2 atom stereocenters. The van der Waals surface area contributed by atoms with Crippen molar-refractivity contribution in [3.05, 3.63) is 18.2 Å². The van der Waals surface area contributed by atoms with Gasteiger partial charge in [0.2, 0.25) is 0 Å². The summed E-state index contributed by atoms with van der Waals surface area (Å²) in [7, 11) is 0. The minimum Gasteiger partial charge on any atom is -0.247 e. The number of imidazole rings is 1. The van der Waals surface area contributed by atoms with Crippen molar-refractivity contribution < 1.29 is 4.57 Å². The van der Waals surface area contributed by atoms with Crippen LogP contribution in [-0.2, 0) is 0 Å². The minimum absolute atomic E-state index is 0.618. The Hall–Kier alpha value is -0.790. The van der Waals surface area contributed by atoms with Gasteiger partial charge in [-0.05, 0) is 32.6 Å². The second kappa shape index (κ2) is 36.0. The number of hydrogen-bond donors (Lipinski definition) is 1. The zero-order valence-electron chi connectivity index (χ0n) is 33.9. The summed E-state index contributed by atoms with van der Waals surface area (Å²) in [5.74, 6) is 2.25. The summed E-state index contributed by atoms with van der Waals surface area (Å²) in [5.41, 5.74) is 0. The first-order valence-electron chi connectivity index (χ1n) is 22.8. The van der Waals surface area contributed by atoms with Crippen LogP contribution in [0.4, 0.5) is 0 Å². The van der Waals surface area contributed by atoms with Crippen LogP contribution < -0.4 is 4.57 Å². The number of rotatable bonds is 39. The smallest absolute Gasteiger partial charge is 0.247 e. The van der Waals surface area contributed by atoms with E-state index < -0.39 is 0 Å². The van der Waals surface area contributed by atoms with Crippen molar-refractivity contribution in [2.24, 2.45) is 0 Å². The molecule has 2 unspecified atom stereocenters. The fraction of sp³-hybridized carbons (Fsp3) is 0.935. The third-order valence-electron chi connectivity index (χ3n) is 11.4. The molecule has 0 spiro atoms. The lowest BCUT2D eigenvalue weighted by Crippen LogP contribution is -2.41. The Kier molecular flexibility index (Phi) is 33.9. The summed E-state index contributed by atoms with van der Waals surface area (Å²) < 4.78 is 2.65. The molecule has 0 aliphatic heterocycles. The molecule has 0 bridgehead atoms. The highest BCUT2D eigenvalue weighted by atomic mass is 15.1. The topological polar surface area (TPSA) is 19.7 Å². The predicted octanol–water partition coefficient (Wildman–Crippen LogP) is 16.4. The number of unbranched alkanes of at least 4 members (excludes halogenated alkanes) is 31. The van der Waals surface area contributed by atoms with E-state index in [4.69, 9.17) is 0 Å². The molecule has 1 heterocycles. The van der Waals surface area contributed by atoms with E-state index in [-0.39, 0.29) is 0 Å². The van der Waals surface area contributed by atoms with E-state index in [1.165, 1.54) is 238 Å². The fourth-order valence-corrected chi connectivity index (χ4v) is 8.02. The average molecular weight is 672 g/mol. The zero-order valence-corrected chi connectivity index (χ0v) is 33.9. The summed E-state index contributed by atoms with van der Waals surface area (Å²) in [6.07, 6.45) is 57.6. The monoisotopic (exact) mass is 672 g/mol. The summed E-state index contributed by atoms with van der Waals surface area (Å²) in [6.45, 7) is 9.43. The highest BCUT2D eigenvalue weighted by molar-refractivity contribution is 4.90. The standard InChI is InChI=1S/C46H90N2/c1-5-8-11-14-17-20-22-23-24-25-26-29-32-35-38-41-45(40-37-34-31-27-19-16-13-10-7-3)46-47-42-43-48(46)44(4)39-36-33-30-28-21-18-15-12-9-6-2/h42-45H,5-41H2,1-4H3/p+1. The number of hydrogen-bond acceptors (Lipinski definition) is 0. The molecule has 0 aliphatic rings. The lowest BCUT2D eigenvalue weighted by molar-refractivity contribution is -0.727. The van der Waals surface area contributed by atoms with Crippen LogP contribution in [0.1, 0.15) is 283 Å². The highest BCUT2D eigenvalue weighted by Crippen LogP contribution is 2.27. The van der Waals surface area contributed by atoms with Crippen molar-refractivity contribution in [1.29, 1.82) is 0 Å². The van der Waals surface area contributed by atoms with Gasteiger partial charge in [0.1, 0.15) is 12.4 Å². The molecule has 0 aromatic carbocycles. The maximum Gasteiger partial charge on any atom is 0.257 e. The zero-order chi connectivity index (χ0) is 34.6. The van der Waals surface area contributed by atoms with Gasteiger partial charge in [-0.3, -0.25) is 0 Å². The Morgan fingerprint density at radius 3 is 0.979 bits per heavy atom. The molecule has 2 heteroatoms. The van der Waals surface area contributed by atoms with Gasteiger partial charge in [0.25, 0.3) is 5.82 Å². The summed E-state index contributed by atoms with van der Waals surface area (Å²) >= 11 is 0. The van der Waals surface area contributed by atoms with Gasteiger partial charge in [0.05, 0.1) is 12.0 Å². The Balaban J connectivity index is 2.36. The van der Waals surface area contributed by atoms with Crippen LogP contribution in [0.3, 0.4) is 0 Å². The maximum absolute atomic E-state index is 3.77. The summed E-state index contributed by atoms with van der Waals surface area (Å²) in [5, 5.41) is 0. The van der Waals surface area contributed by atoms with Crippen LogP contribution in [0.2, 0.25) is 0 Å². The van der Waals surface area contributed by atoms with Gasteiger partial charge in [0, 0.05) is 0 Å². The quantitative estimate of drug-likeness (QED) is 0.0531. The molecule has 1 N–H and O–H groups in total. The average Bonchev–Trinajstić information content (AvgIpc) is 3.59. The lowest BCUT2D eigenvalue weighted by atomic mass is 9.92. The fourth-order valence-electron chi connectivity index (χ4n) is 8.02. The van der Waals surface area contributed by atoms with Crippen molar-refractivity contribution in [2.75, 3.05) is 0 Å². The molecular weight excluding hydrogens is 581 g/mol. The minimum atomic E-state index is 0.618. The van der Waals surface area contributed by atoms with Crippen LogP contribution in [0.25, 0.3) is 0 Å². The van der Waals surface area contributed by atoms with Gasteiger partial charge in [-0.1, -0.05) is 233 Å². The molecule has 0 fully saturated rings.